The number of benzene rings is 1. The Morgan fingerprint density at radius 3 is 2.47 bits per heavy atom. The Labute approximate surface area is 109 Å². The Bertz CT molecular complexity index is 363. The summed E-state index contributed by atoms with van der Waals surface area (Å²) in [5.41, 5.74) is 7.01. The zero-order chi connectivity index (χ0) is 11.6. The molecule has 1 aromatic rings. The van der Waals surface area contributed by atoms with E-state index in [2.05, 4.69) is 6.92 Å². The molecule has 0 bridgehead atoms. The fraction of sp³-hybridized carbons (Fsp3) is 0.571. The van der Waals surface area contributed by atoms with Gasteiger partial charge in [-0.15, -0.1) is 12.4 Å². The maximum absolute atomic E-state index is 13.9. The minimum atomic E-state index is -0.0891. The lowest BCUT2D eigenvalue weighted by Crippen LogP contribution is -2.50. The quantitative estimate of drug-likeness (QED) is 0.873. The van der Waals surface area contributed by atoms with Gasteiger partial charge in [0, 0.05) is 11.5 Å². The molecule has 2 N–H and O–H groups in total. The molecular formula is C14H21ClFN. The van der Waals surface area contributed by atoms with Crippen molar-refractivity contribution in [2.24, 2.45) is 5.73 Å². The van der Waals surface area contributed by atoms with Gasteiger partial charge in [-0.25, -0.2) is 4.39 Å². The number of halogens is 2. The lowest BCUT2D eigenvalue weighted by molar-refractivity contribution is 0.181. The molecule has 2 rings (SSSR count). The van der Waals surface area contributed by atoms with Crippen molar-refractivity contribution in [1.82, 2.24) is 0 Å². The van der Waals surface area contributed by atoms with Gasteiger partial charge < -0.3 is 5.73 Å². The summed E-state index contributed by atoms with van der Waals surface area (Å²) in [6.07, 6.45) is 5.29. The molecule has 1 aromatic carbocycles. The smallest absolute Gasteiger partial charge is 0.127 e. The molecule has 0 heterocycles. The largest absolute Gasteiger partial charge is 0.327 e. The van der Waals surface area contributed by atoms with Crippen molar-refractivity contribution < 1.29 is 4.39 Å². The monoisotopic (exact) mass is 257 g/mol. The summed E-state index contributed by atoms with van der Waals surface area (Å²) < 4.78 is 13.9. The molecule has 1 unspecified atom stereocenters. The molecule has 1 aliphatic carbocycles. The first-order chi connectivity index (χ1) is 7.70. The third-order valence-electron chi connectivity index (χ3n) is 3.97. The molecule has 0 aliphatic heterocycles. The molecule has 1 saturated carbocycles. The molecule has 0 radical (unpaired) electrons. The lowest BCUT2D eigenvalue weighted by Gasteiger charge is -2.47. The molecule has 1 atom stereocenters. The predicted octanol–water partition coefficient (Wildman–Crippen LogP) is 3.80. The van der Waals surface area contributed by atoms with Crippen molar-refractivity contribution in [3.63, 3.8) is 0 Å². The molecule has 0 aromatic heterocycles. The number of rotatable bonds is 4. The van der Waals surface area contributed by atoms with E-state index in [4.69, 9.17) is 5.73 Å². The van der Waals surface area contributed by atoms with Crippen LogP contribution in [-0.4, -0.2) is 6.04 Å². The summed E-state index contributed by atoms with van der Waals surface area (Å²) in [5, 5.41) is 0. The van der Waals surface area contributed by atoms with E-state index in [1.165, 1.54) is 6.42 Å². The van der Waals surface area contributed by atoms with Crippen molar-refractivity contribution in [1.29, 1.82) is 0 Å². The van der Waals surface area contributed by atoms with E-state index in [9.17, 15) is 4.39 Å². The zero-order valence-corrected chi connectivity index (χ0v) is 11.1. The Kier molecular flexibility index (Phi) is 4.96. The van der Waals surface area contributed by atoms with E-state index in [1.54, 1.807) is 12.1 Å². The van der Waals surface area contributed by atoms with Crippen LogP contribution in [0.1, 0.15) is 44.6 Å². The summed E-state index contributed by atoms with van der Waals surface area (Å²) in [6, 6.07) is 7.22. The van der Waals surface area contributed by atoms with Crippen molar-refractivity contribution in [2.45, 2.75) is 50.5 Å². The third kappa shape index (κ3) is 2.48. The summed E-state index contributed by atoms with van der Waals surface area (Å²) in [5.74, 6) is -0.0891. The lowest BCUT2D eigenvalue weighted by atomic mass is 9.59. The van der Waals surface area contributed by atoms with Crippen molar-refractivity contribution in [3.05, 3.63) is 35.6 Å². The van der Waals surface area contributed by atoms with Gasteiger partial charge >= 0.3 is 0 Å². The van der Waals surface area contributed by atoms with Gasteiger partial charge in [0.05, 0.1) is 0 Å². The highest BCUT2D eigenvalue weighted by atomic mass is 35.5. The second kappa shape index (κ2) is 5.83. The van der Waals surface area contributed by atoms with Gasteiger partial charge in [0.25, 0.3) is 0 Å². The summed E-state index contributed by atoms with van der Waals surface area (Å²) in [4.78, 5) is 0. The fourth-order valence-electron chi connectivity index (χ4n) is 2.85. The van der Waals surface area contributed by atoms with Gasteiger partial charge in [0.15, 0.2) is 0 Å². The molecule has 0 spiro atoms. The molecule has 1 fully saturated rings. The van der Waals surface area contributed by atoms with Crippen LogP contribution in [0.4, 0.5) is 4.39 Å². The van der Waals surface area contributed by atoms with Crippen LogP contribution in [0.3, 0.4) is 0 Å². The summed E-state index contributed by atoms with van der Waals surface area (Å²) in [7, 11) is 0. The van der Waals surface area contributed by atoms with Crippen molar-refractivity contribution >= 4 is 12.4 Å². The molecule has 3 heteroatoms. The van der Waals surface area contributed by atoms with E-state index < -0.39 is 0 Å². The Morgan fingerprint density at radius 2 is 2.00 bits per heavy atom. The molecule has 0 saturated heterocycles. The van der Waals surface area contributed by atoms with Crippen molar-refractivity contribution in [3.8, 4) is 0 Å². The highest BCUT2D eigenvalue weighted by molar-refractivity contribution is 5.85. The highest BCUT2D eigenvalue weighted by Gasteiger charge is 2.44. The minimum absolute atomic E-state index is 0. The third-order valence-corrected chi connectivity index (χ3v) is 3.97. The van der Waals surface area contributed by atoms with Gasteiger partial charge in [-0.05, 0) is 30.9 Å². The van der Waals surface area contributed by atoms with Crippen LogP contribution >= 0.6 is 12.4 Å². The van der Waals surface area contributed by atoms with E-state index >= 15 is 0 Å². The van der Waals surface area contributed by atoms with E-state index in [1.807, 2.05) is 12.1 Å². The second-order valence-electron chi connectivity index (χ2n) is 4.88. The standard InChI is InChI=1S/C14H20FN.ClH/c1-2-6-13(16)14(9-5-10-14)11-7-3-4-8-12(11)15;/h3-4,7-8,13H,2,5-6,9-10,16H2,1H3;1H. The topological polar surface area (TPSA) is 26.0 Å². The molecular weight excluding hydrogens is 237 g/mol. The molecule has 96 valence electrons. The molecule has 1 nitrogen and oxygen atoms in total. The van der Waals surface area contributed by atoms with Gasteiger partial charge in [-0.1, -0.05) is 38.0 Å². The second-order valence-corrected chi connectivity index (χ2v) is 4.88. The molecule has 17 heavy (non-hydrogen) atoms. The Hall–Kier alpha value is -0.600. The maximum atomic E-state index is 13.9. The number of hydrogen-bond acceptors (Lipinski definition) is 1. The van der Waals surface area contributed by atoms with Crippen LogP contribution in [0.25, 0.3) is 0 Å². The Morgan fingerprint density at radius 1 is 1.35 bits per heavy atom. The fourth-order valence-corrected chi connectivity index (χ4v) is 2.85. The SMILES string of the molecule is CCCC(N)C1(c2ccccc2F)CCC1.Cl. The number of hydrogen-bond donors (Lipinski definition) is 1. The van der Waals surface area contributed by atoms with E-state index in [0.29, 0.717) is 0 Å². The van der Waals surface area contributed by atoms with Gasteiger partial charge in [-0.2, -0.15) is 0 Å². The first-order valence-corrected chi connectivity index (χ1v) is 6.21. The molecule has 1 aliphatic rings. The summed E-state index contributed by atoms with van der Waals surface area (Å²) >= 11 is 0. The predicted molar refractivity (Wildman–Crippen MR) is 72.1 cm³/mol. The van der Waals surface area contributed by atoms with Crippen molar-refractivity contribution in [2.75, 3.05) is 0 Å². The minimum Gasteiger partial charge on any atom is -0.327 e. The van der Waals surface area contributed by atoms with Crippen LogP contribution in [0.15, 0.2) is 24.3 Å². The van der Waals surface area contributed by atoms with Gasteiger partial charge in [-0.3, -0.25) is 0 Å². The average Bonchev–Trinajstić information content (AvgIpc) is 2.19. The van der Waals surface area contributed by atoms with Gasteiger partial charge in [0.1, 0.15) is 5.82 Å². The highest BCUT2D eigenvalue weighted by Crippen LogP contribution is 2.47. The normalized spacial score (nSPS) is 19.0. The molecule has 0 amide bonds. The van der Waals surface area contributed by atoms with E-state index in [0.717, 1.165) is 31.2 Å². The maximum Gasteiger partial charge on any atom is 0.127 e. The van der Waals surface area contributed by atoms with Crippen LogP contribution in [0, 0.1) is 5.82 Å². The van der Waals surface area contributed by atoms with E-state index in [-0.39, 0.29) is 29.7 Å². The average molecular weight is 258 g/mol. The number of nitrogens with two attached hydrogens (primary N) is 1. The van der Waals surface area contributed by atoms with Crippen LogP contribution in [0.2, 0.25) is 0 Å². The zero-order valence-electron chi connectivity index (χ0n) is 10.3. The summed E-state index contributed by atoms with van der Waals surface area (Å²) in [6.45, 7) is 2.13. The van der Waals surface area contributed by atoms with Crippen LogP contribution in [-0.2, 0) is 5.41 Å². The first kappa shape index (κ1) is 14.5. The van der Waals surface area contributed by atoms with Crippen LogP contribution in [0.5, 0.6) is 0 Å². The van der Waals surface area contributed by atoms with Crippen LogP contribution < -0.4 is 5.73 Å². The first-order valence-electron chi connectivity index (χ1n) is 6.21. The Balaban J connectivity index is 0.00000144. The van der Waals surface area contributed by atoms with Gasteiger partial charge in [0.2, 0.25) is 0 Å².